The van der Waals surface area contributed by atoms with E-state index in [0.29, 0.717) is 26.1 Å². The third-order valence-corrected chi connectivity index (χ3v) is 3.99. The lowest BCUT2D eigenvalue weighted by Gasteiger charge is -2.22. The summed E-state index contributed by atoms with van der Waals surface area (Å²) >= 11 is 0. The van der Waals surface area contributed by atoms with Crippen molar-refractivity contribution in [2.24, 2.45) is 0 Å². The molecule has 1 aliphatic rings. The van der Waals surface area contributed by atoms with Gasteiger partial charge in [-0.3, -0.25) is 0 Å². The number of sulfonamides is 1. The molecule has 18 heavy (non-hydrogen) atoms. The normalized spacial score (nSPS) is 17.8. The Balaban J connectivity index is 2.11. The molecular weight excluding hydrogens is 262 g/mol. The lowest BCUT2D eigenvalue weighted by atomic mass is 10.1. The first-order valence-electron chi connectivity index (χ1n) is 5.42. The molecule has 0 amide bonds. The average Bonchev–Trinajstić information content (AvgIpc) is 2.79. The number of ether oxygens (including phenoxy) is 1. The van der Waals surface area contributed by atoms with Gasteiger partial charge in [-0.15, -0.1) is 0 Å². The summed E-state index contributed by atoms with van der Waals surface area (Å²) in [6.45, 7) is 1.01. The maximum atomic E-state index is 11.9. The molecule has 2 rings (SSSR count). The maximum Gasteiger partial charge on any atom is 0.371 e. The molecule has 1 fully saturated rings. The molecule has 100 valence electrons. The van der Waals surface area contributed by atoms with Crippen LogP contribution in [0, 0.1) is 0 Å². The van der Waals surface area contributed by atoms with Crippen molar-refractivity contribution in [3.63, 3.8) is 0 Å². The monoisotopic (exact) mass is 275 g/mol. The fourth-order valence-electron chi connectivity index (χ4n) is 1.67. The van der Waals surface area contributed by atoms with Crippen LogP contribution in [-0.2, 0) is 14.8 Å². The Morgan fingerprint density at radius 3 is 2.56 bits per heavy atom. The Kier molecular flexibility index (Phi) is 3.69. The van der Waals surface area contributed by atoms with E-state index in [1.165, 1.54) is 0 Å². The molecule has 0 saturated carbocycles. The Hall–Kier alpha value is -1.38. The van der Waals surface area contributed by atoms with Gasteiger partial charge in [-0.25, -0.2) is 17.9 Å². The first-order valence-corrected chi connectivity index (χ1v) is 6.90. The summed E-state index contributed by atoms with van der Waals surface area (Å²) in [5.74, 6) is -1.70. The number of furan rings is 1. The predicted octanol–water partition coefficient (Wildman–Crippen LogP) is 0.435. The summed E-state index contributed by atoms with van der Waals surface area (Å²) < 4.78 is 36.2. The zero-order valence-corrected chi connectivity index (χ0v) is 10.3. The van der Waals surface area contributed by atoms with E-state index in [2.05, 4.69) is 4.72 Å². The first-order chi connectivity index (χ1) is 8.49. The van der Waals surface area contributed by atoms with Crippen molar-refractivity contribution in [2.45, 2.75) is 24.0 Å². The fraction of sp³-hybridized carbons (Fsp3) is 0.500. The van der Waals surface area contributed by atoms with Gasteiger partial charge in [-0.1, -0.05) is 0 Å². The second kappa shape index (κ2) is 5.09. The van der Waals surface area contributed by atoms with E-state index in [9.17, 15) is 13.2 Å². The van der Waals surface area contributed by atoms with Gasteiger partial charge in [-0.05, 0) is 25.0 Å². The SMILES string of the molecule is O=C(O)c1ccc(S(=O)(=O)NC2CCOCC2)o1. The van der Waals surface area contributed by atoms with E-state index in [1.807, 2.05) is 0 Å². The van der Waals surface area contributed by atoms with E-state index >= 15 is 0 Å². The van der Waals surface area contributed by atoms with Crippen LogP contribution >= 0.6 is 0 Å². The van der Waals surface area contributed by atoms with Crippen molar-refractivity contribution in [2.75, 3.05) is 13.2 Å². The van der Waals surface area contributed by atoms with E-state index in [-0.39, 0.29) is 11.1 Å². The summed E-state index contributed by atoms with van der Waals surface area (Å²) in [6, 6.07) is 2.04. The molecule has 0 radical (unpaired) electrons. The third kappa shape index (κ3) is 2.89. The average molecular weight is 275 g/mol. The summed E-state index contributed by atoms with van der Waals surface area (Å²) in [7, 11) is -3.81. The summed E-state index contributed by atoms with van der Waals surface area (Å²) in [4.78, 5) is 10.6. The molecule has 1 aromatic heterocycles. The van der Waals surface area contributed by atoms with Crippen molar-refractivity contribution >= 4 is 16.0 Å². The van der Waals surface area contributed by atoms with Crippen LogP contribution in [0.15, 0.2) is 21.6 Å². The highest BCUT2D eigenvalue weighted by molar-refractivity contribution is 7.89. The predicted molar refractivity (Wildman–Crippen MR) is 59.8 cm³/mol. The number of carboxylic acid groups (broad SMARTS) is 1. The Bertz CT molecular complexity index is 528. The highest BCUT2D eigenvalue weighted by Gasteiger charge is 2.25. The number of hydrogen-bond acceptors (Lipinski definition) is 5. The summed E-state index contributed by atoms with van der Waals surface area (Å²) in [6.07, 6.45) is 1.18. The number of carbonyl (C=O) groups is 1. The zero-order valence-electron chi connectivity index (χ0n) is 9.46. The molecule has 0 atom stereocenters. The van der Waals surface area contributed by atoms with E-state index in [1.54, 1.807) is 0 Å². The lowest BCUT2D eigenvalue weighted by molar-refractivity contribution is 0.0656. The number of rotatable bonds is 4. The van der Waals surface area contributed by atoms with Crippen LogP contribution in [0.25, 0.3) is 0 Å². The van der Waals surface area contributed by atoms with Crippen LogP contribution in [0.1, 0.15) is 23.4 Å². The van der Waals surface area contributed by atoms with Gasteiger partial charge in [-0.2, -0.15) is 0 Å². The van der Waals surface area contributed by atoms with E-state index in [4.69, 9.17) is 14.3 Å². The Morgan fingerprint density at radius 1 is 1.33 bits per heavy atom. The van der Waals surface area contributed by atoms with Gasteiger partial charge in [0, 0.05) is 19.3 Å². The second-order valence-electron chi connectivity index (χ2n) is 3.93. The molecule has 0 unspecified atom stereocenters. The molecule has 7 nitrogen and oxygen atoms in total. The quantitative estimate of drug-likeness (QED) is 0.825. The molecule has 1 aromatic rings. The zero-order chi connectivity index (χ0) is 13.2. The Morgan fingerprint density at radius 2 is 2.00 bits per heavy atom. The molecule has 1 aliphatic heterocycles. The Labute approximate surface area is 104 Å². The van der Waals surface area contributed by atoms with Gasteiger partial charge in [0.2, 0.25) is 10.9 Å². The molecule has 0 spiro atoms. The van der Waals surface area contributed by atoms with Gasteiger partial charge in [0.1, 0.15) is 0 Å². The first kappa shape index (κ1) is 13.1. The molecule has 0 bridgehead atoms. The lowest BCUT2D eigenvalue weighted by Crippen LogP contribution is -2.38. The minimum absolute atomic E-state index is 0.206. The minimum atomic E-state index is -3.81. The van der Waals surface area contributed by atoms with Gasteiger partial charge < -0.3 is 14.3 Å². The molecule has 0 aliphatic carbocycles. The maximum absolute atomic E-state index is 11.9. The second-order valence-corrected chi connectivity index (χ2v) is 5.58. The standard InChI is InChI=1S/C10H13NO6S/c12-10(13)8-1-2-9(17-8)18(14,15)11-7-3-5-16-6-4-7/h1-2,7,11H,3-6H2,(H,12,13). The largest absolute Gasteiger partial charge is 0.475 e. The van der Waals surface area contributed by atoms with Crippen LogP contribution in [0.3, 0.4) is 0 Å². The number of aromatic carboxylic acids is 1. The molecule has 2 N–H and O–H groups in total. The molecule has 1 saturated heterocycles. The summed E-state index contributed by atoms with van der Waals surface area (Å²) in [5.41, 5.74) is 0. The van der Waals surface area contributed by atoms with Crippen molar-refractivity contribution in [3.8, 4) is 0 Å². The van der Waals surface area contributed by atoms with Crippen molar-refractivity contribution in [3.05, 3.63) is 17.9 Å². The topological polar surface area (TPSA) is 106 Å². The molecule has 2 heterocycles. The van der Waals surface area contributed by atoms with Crippen molar-refractivity contribution in [1.29, 1.82) is 0 Å². The summed E-state index contributed by atoms with van der Waals surface area (Å²) in [5, 5.41) is 8.28. The molecule has 8 heteroatoms. The molecule has 0 aromatic carbocycles. The number of carboxylic acids is 1. The number of hydrogen-bond donors (Lipinski definition) is 2. The van der Waals surface area contributed by atoms with Crippen molar-refractivity contribution in [1.82, 2.24) is 4.72 Å². The van der Waals surface area contributed by atoms with E-state index < -0.39 is 21.8 Å². The van der Waals surface area contributed by atoms with Gasteiger partial charge in [0.05, 0.1) is 0 Å². The van der Waals surface area contributed by atoms with Gasteiger partial charge >= 0.3 is 5.97 Å². The van der Waals surface area contributed by atoms with Gasteiger partial charge in [0.15, 0.2) is 0 Å². The minimum Gasteiger partial charge on any atom is -0.475 e. The van der Waals surface area contributed by atoms with Crippen LogP contribution in [0.4, 0.5) is 0 Å². The van der Waals surface area contributed by atoms with E-state index in [0.717, 1.165) is 12.1 Å². The van der Waals surface area contributed by atoms with Crippen LogP contribution in [0.2, 0.25) is 0 Å². The smallest absolute Gasteiger partial charge is 0.371 e. The van der Waals surface area contributed by atoms with Gasteiger partial charge in [0.25, 0.3) is 10.0 Å². The highest BCUT2D eigenvalue weighted by Crippen LogP contribution is 2.16. The highest BCUT2D eigenvalue weighted by atomic mass is 32.2. The third-order valence-electron chi connectivity index (χ3n) is 2.60. The van der Waals surface area contributed by atoms with Crippen LogP contribution < -0.4 is 4.72 Å². The van der Waals surface area contributed by atoms with Crippen molar-refractivity contribution < 1.29 is 27.5 Å². The fourth-order valence-corrected chi connectivity index (χ4v) is 2.91. The van der Waals surface area contributed by atoms with Crippen LogP contribution in [0.5, 0.6) is 0 Å². The van der Waals surface area contributed by atoms with Crippen LogP contribution in [-0.4, -0.2) is 38.7 Å². The number of nitrogens with one attached hydrogen (secondary N) is 1. The molecular formula is C10H13NO6S.